The van der Waals surface area contributed by atoms with E-state index in [2.05, 4.69) is 20.3 Å². The molecule has 0 unspecified atom stereocenters. The van der Waals surface area contributed by atoms with E-state index < -0.39 is 17.4 Å². The Bertz CT molecular complexity index is 1770. The summed E-state index contributed by atoms with van der Waals surface area (Å²) in [5, 5.41) is 6.02. The number of carbonyl (C=O) groups is 2. The fourth-order valence-corrected chi connectivity index (χ4v) is 5.69. The number of ether oxygens (including phenoxy) is 1. The predicted molar refractivity (Wildman–Crippen MR) is 158 cm³/mol. The molecule has 0 aliphatic heterocycles. The summed E-state index contributed by atoms with van der Waals surface area (Å²) in [4.78, 5) is 37.9. The normalized spacial score (nSPS) is 12.8. The van der Waals surface area contributed by atoms with Gasteiger partial charge < -0.3 is 25.0 Å². The third-order valence-electron chi connectivity index (χ3n) is 7.75. The van der Waals surface area contributed by atoms with Crippen LogP contribution in [0.5, 0.6) is 0 Å². The first-order valence-electron chi connectivity index (χ1n) is 13.6. The van der Waals surface area contributed by atoms with E-state index in [0.717, 1.165) is 49.4 Å². The summed E-state index contributed by atoms with van der Waals surface area (Å²) in [6.45, 7) is 5.54. The van der Waals surface area contributed by atoms with Crippen LogP contribution in [-0.4, -0.2) is 39.0 Å². The molecule has 3 aromatic carbocycles. The highest BCUT2D eigenvalue weighted by molar-refractivity contribution is 6.03. The number of esters is 1. The zero-order valence-electron chi connectivity index (χ0n) is 22.7. The molecule has 7 nitrogen and oxygen atoms in total. The lowest BCUT2D eigenvalue weighted by Crippen LogP contribution is -2.51. The molecule has 0 aliphatic carbocycles. The molecule has 6 rings (SSSR count). The summed E-state index contributed by atoms with van der Waals surface area (Å²) in [6.07, 6.45) is 5.66. The van der Waals surface area contributed by atoms with E-state index >= 15 is 0 Å². The number of carbonyl (C=O) groups excluding carboxylic acids is 2. The van der Waals surface area contributed by atoms with Gasteiger partial charge in [-0.2, -0.15) is 0 Å². The maximum atomic E-state index is 14.6. The molecular formula is C33H32N4O3. The fraction of sp³-hybridized carbons (Fsp3) is 0.212. The summed E-state index contributed by atoms with van der Waals surface area (Å²) in [5.41, 5.74) is 4.30. The highest BCUT2D eigenvalue weighted by Crippen LogP contribution is 2.40. The second-order valence-electron chi connectivity index (χ2n) is 10.7. The number of rotatable bonds is 8. The van der Waals surface area contributed by atoms with E-state index in [9.17, 15) is 9.59 Å². The zero-order valence-corrected chi connectivity index (χ0v) is 22.7. The maximum absolute atomic E-state index is 14.6. The molecule has 0 saturated carbocycles. The molecule has 0 radical (unpaired) electrons. The molecule has 0 aliphatic rings. The monoisotopic (exact) mass is 532 g/mol. The van der Waals surface area contributed by atoms with Crippen molar-refractivity contribution in [3.8, 4) is 0 Å². The largest absolute Gasteiger partial charge is 0.461 e. The summed E-state index contributed by atoms with van der Waals surface area (Å²) in [5.74, 6) is -0.749. The van der Waals surface area contributed by atoms with Crippen LogP contribution in [-0.2, 0) is 26.2 Å². The molecule has 1 amide bonds. The second kappa shape index (κ2) is 10.1. The molecule has 0 spiro atoms. The number of amides is 1. The van der Waals surface area contributed by atoms with E-state index in [-0.39, 0.29) is 12.0 Å². The lowest BCUT2D eigenvalue weighted by atomic mass is 9.75. The Morgan fingerprint density at radius 3 is 1.77 bits per heavy atom. The SMILES string of the molecule is CC(C)OC(=O)[C@H](Cc1c[nH]c2ccccc12)NC(=O)C(C)(c1c[nH]c2ccccc12)c1c[nH]c2ccccc12. The second-order valence-corrected chi connectivity index (χ2v) is 10.7. The van der Waals surface area contributed by atoms with Gasteiger partial charge in [0.2, 0.25) is 5.91 Å². The predicted octanol–water partition coefficient (Wildman–Crippen LogP) is 6.12. The molecule has 202 valence electrons. The van der Waals surface area contributed by atoms with Gasteiger partial charge in [0.1, 0.15) is 11.5 Å². The van der Waals surface area contributed by atoms with Crippen LogP contribution in [0.1, 0.15) is 37.5 Å². The molecule has 4 N–H and O–H groups in total. The third-order valence-corrected chi connectivity index (χ3v) is 7.75. The quantitative estimate of drug-likeness (QED) is 0.178. The Hall–Kier alpha value is -4.78. The fourth-order valence-electron chi connectivity index (χ4n) is 5.69. The molecule has 40 heavy (non-hydrogen) atoms. The van der Waals surface area contributed by atoms with Crippen LogP contribution in [0.25, 0.3) is 32.7 Å². The third kappa shape index (κ3) is 4.33. The molecular weight excluding hydrogens is 500 g/mol. The highest BCUT2D eigenvalue weighted by atomic mass is 16.5. The Kier molecular flexibility index (Phi) is 6.42. The Morgan fingerprint density at radius 2 is 1.23 bits per heavy atom. The average molecular weight is 533 g/mol. The first-order valence-corrected chi connectivity index (χ1v) is 13.6. The van der Waals surface area contributed by atoms with Crippen LogP contribution in [0.2, 0.25) is 0 Å². The van der Waals surface area contributed by atoms with Crippen LogP contribution in [0.15, 0.2) is 91.4 Å². The number of H-pyrrole nitrogens is 3. The Labute approximate surface area is 231 Å². The first-order chi connectivity index (χ1) is 19.4. The average Bonchev–Trinajstić information content (AvgIpc) is 3.69. The van der Waals surface area contributed by atoms with Gasteiger partial charge in [0.15, 0.2) is 0 Å². The lowest BCUT2D eigenvalue weighted by Gasteiger charge is -2.31. The minimum absolute atomic E-state index is 0.285. The van der Waals surface area contributed by atoms with Gasteiger partial charge >= 0.3 is 5.97 Å². The molecule has 3 heterocycles. The zero-order chi connectivity index (χ0) is 27.9. The van der Waals surface area contributed by atoms with Gasteiger partial charge in [0, 0.05) is 57.7 Å². The van der Waals surface area contributed by atoms with Gasteiger partial charge in [-0.1, -0.05) is 54.6 Å². The molecule has 3 aromatic heterocycles. The molecule has 1 atom stereocenters. The standard InChI is InChI=1S/C33H32N4O3/c1-20(2)40-31(38)30(16-21-17-34-27-13-7-4-10-22(21)27)37-32(39)33(3,25-18-35-28-14-8-5-11-23(25)28)26-19-36-29-15-9-6-12-24(26)29/h4-15,17-20,30,34-36H,16H2,1-3H3,(H,37,39)/t30-/m0/s1. The molecule has 0 fully saturated rings. The van der Waals surface area contributed by atoms with E-state index in [1.165, 1.54) is 0 Å². The van der Waals surface area contributed by atoms with Crippen LogP contribution >= 0.6 is 0 Å². The van der Waals surface area contributed by atoms with Crippen molar-refractivity contribution in [3.05, 3.63) is 108 Å². The van der Waals surface area contributed by atoms with Gasteiger partial charge in [-0.25, -0.2) is 4.79 Å². The van der Waals surface area contributed by atoms with Gasteiger partial charge in [-0.05, 0) is 55.7 Å². The Morgan fingerprint density at radius 1 is 0.750 bits per heavy atom. The summed E-state index contributed by atoms with van der Waals surface area (Å²) in [6, 6.07) is 22.9. The van der Waals surface area contributed by atoms with Gasteiger partial charge in [-0.15, -0.1) is 0 Å². The summed E-state index contributed by atoms with van der Waals surface area (Å²) < 4.78 is 5.63. The maximum Gasteiger partial charge on any atom is 0.329 e. The molecule has 0 saturated heterocycles. The van der Waals surface area contributed by atoms with Crippen molar-refractivity contribution in [3.63, 3.8) is 0 Å². The van der Waals surface area contributed by atoms with Crippen molar-refractivity contribution in [2.75, 3.05) is 0 Å². The number of hydrogen-bond acceptors (Lipinski definition) is 3. The number of aromatic nitrogens is 3. The number of para-hydroxylation sites is 3. The van der Waals surface area contributed by atoms with Crippen molar-refractivity contribution >= 4 is 44.6 Å². The van der Waals surface area contributed by atoms with E-state index in [1.807, 2.05) is 112 Å². The number of nitrogens with one attached hydrogen (secondary N) is 4. The number of benzene rings is 3. The van der Waals surface area contributed by atoms with Crippen LogP contribution in [0, 0.1) is 0 Å². The summed E-state index contributed by atoms with van der Waals surface area (Å²) in [7, 11) is 0. The molecule has 6 aromatic rings. The minimum Gasteiger partial charge on any atom is -0.461 e. The van der Waals surface area contributed by atoms with E-state index in [1.54, 1.807) is 0 Å². The van der Waals surface area contributed by atoms with Crippen molar-refractivity contribution in [2.24, 2.45) is 0 Å². The smallest absolute Gasteiger partial charge is 0.329 e. The molecule has 7 heteroatoms. The highest BCUT2D eigenvalue weighted by Gasteiger charge is 2.42. The van der Waals surface area contributed by atoms with Gasteiger partial charge in [-0.3, -0.25) is 4.79 Å². The van der Waals surface area contributed by atoms with Crippen LogP contribution in [0.4, 0.5) is 0 Å². The molecule has 0 bridgehead atoms. The van der Waals surface area contributed by atoms with Crippen molar-refractivity contribution in [1.82, 2.24) is 20.3 Å². The van der Waals surface area contributed by atoms with Gasteiger partial charge in [0.05, 0.1) is 6.10 Å². The van der Waals surface area contributed by atoms with Gasteiger partial charge in [0.25, 0.3) is 0 Å². The number of fused-ring (bicyclic) bond motifs is 3. The van der Waals surface area contributed by atoms with Crippen molar-refractivity contribution in [2.45, 2.75) is 44.8 Å². The van der Waals surface area contributed by atoms with Crippen molar-refractivity contribution in [1.29, 1.82) is 0 Å². The lowest BCUT2D eigenvalue weighted by molar-refractivity contribution is -0.151. The minimum atomic E-state index is -1.13. The van der Waals surface area contributed by atoms with E-state index in [0.29, 0.717) is 6.42 Å². The van der Waals surface area contributed by atoms with E-state index in [4.69, 9.17) is 4.74 Å². The van der Waals surface area contributed by atoms with Crippen LogP contribution < -0.4 is 5.32 Å². The first kappa shape index (κ1) is 25.5. The number of aromatic amines is 3. The topological polar surface area (TPSA) is 103 Å². The van der Waals surface area contributed by atoms with Crippen LogP contribution in [0.3, 0.4) is 0 Å². The Balaban J connectivity index is 1.45. The summed E-state index contributed by atoms with van der Waals surface area (Å²) >= 11 is 0. The van der Waals surface area contributed by atoms with Crippen molar-refractivity contribution < 1.29 is 14.3 Å². The number of hydrogen-bond donors (Lipinski definition) is 4.